The van der Waals surface area contributed by atoms with Crippen molar-refractivity contribution in [3.05, 3.63) is 23.8 Å². The number of nitrogens with zero attached hydrogens (tertiary/aromatic N) is 1. The van der Waals surface area contributed by atoms with Gasteiger partial charge in [-0.15, -0.1) is 0 Å². The first-order valence-electron chi connectivity index (χ1n) is 5.39. The molecule has 1 aliphatic rings. The molecule has 1 N–H and O–H groups in total. The number of hydrogen-bond acceptors (Lipinski definition) is 2. The van der Waals surface area contributed by atoms with Crippen LogP contribution in [0, 0.1) is 5.92 Å². The van der Waals surface area contributed by atoms with Crippen molar-refractivity contribution < 1.29 is 0 Å². The Balaban J connectivity index is 2.06. The van der Waals surface area contributed by atoms with Gasteiger partial charge in [-0.3, -0.25) is 0 Å². The van der Waals surface area contributed by atoms with Crippen LogP contribution in [0.5, 0.6) is 0 Å². The summed E-state index contributed by atoms with van der Waals surface area (Å²) in [5, 5.41) is 3.48. The molecule has 0 radical (unpaired) electrons. The van der Waals surface area contributed by atoms with Crippen LogP contribution in [0.15, 0.2) is 23.8 Å². The predicted octanol–water partition coefficient (Wildman–Crippen LogP) is 1.66. The fraction of sp³-hybridized carbons (Fsp3) is 0.667. The average molecular weight is 194 g/mol. The summed E-state index contributed by atoms with van der Waals surface area (Å²) in [4.78, 5) is 2.20. The van der Waals surface area contributed by atoms with Crippen LogP contribution in [-0.4, -0.2) is 38.6 Å². The second kappa shape index (κ2) is 5.99. The molecular formula is C12H22N2. The molecule has 80 valence electrons. The SMILES string of the molecule is CC1=CCC(CNCCN(C)C)C=C1. The van der Waals surface area contributed by atoms with Gasteiger partial charge in [-0.2, -0.15) is 0 Å². The number of rotatable bonds is 5. The fourth-order valence-corrected chi connectivity index (χ4v) is 1.51. The summed E-state index contributed by atoms with van der Waals surface area (Å²) in [5.41, 5.74) is 1.40. The molecule has 0 heterocycles. The molecule has 0 saturated carbocycles. The van der Waals surface area contributed by atoms with Crippen LogP contribution in [0.2, 0.25) is 0 Å². The standard InChI is InChI=1S/C12H22N2/c1-11-4-6-12(7-5-11)10-13-8-9-14(2)3/h4-6,12-13H,7-10H2,1-3H3. The summed E-state index contributed by atoms with van der Waals surface area (Å²) >= 11 is 0. The Labute approximate surface area is 87.7 Å². The highest BCUT2D eigenvalue weighted by molar-refractivity contribution is 5.21. The largest absolute Gasteiger partial charge is 0.315 e. The summed E-state index contributed by atoms with van der Waals surface area (Å²) < 4.78 is 0. The second-order valence-corrected chi connectivity index (χ2v) is 4.31. The number of nitrogens with one attached hydrogen (secondary N) is 1. The van der Waals surface area contributed by atoms with E-state index in [9.17, 15) is 0 Å². The molecule has 0 spiro atoms. The van der Waals surface area contributed by atoms with Gasteiger partial charge >= 0.3 is 0 Å². The van der Waals surface area contributed by atoms with Crippen molar-refractivity contribution in [1.82, 2.24) is 10.2 Å². The van der Waals surface area contributed by atoms with Gasteiger partial charge in [-0.25, -0.2) is 0 Å². The first-order chi connectivity index (χ1) is 6.68. The van der Waals surface area contributed by atoms with Gasteiger partial charge < -0.3 is 10.2 Å². The summed E-state index contributed by atoms with van der Waals surface area (Å²) in [6.07, 6.45) is 8.05. The first kappa shape index (κ1) is 11.5. The molecule has 1 aliphatic carbocycles. The molecule has 1 atom stereocenters. The monoisotopic (exact) mass is 194 g/mol. The second-order valence-electron chi connectivity index (χ2n) is 4.31. The molecule has 0 bridgehead atoms. The van der Waals surface area contributed by atoms with E-state index in [4.69, 9.17) is 0 Å². The topological polar surface area (TPSA) is 15.3 Å². The third-order valence-electron chi connectivity index (χ3n) is 2.52. The summed E-state index contributed by atoms with van der Waals surface area (Å²) in [5.74, 6) is 0.695. The smallest absolute Gasteiger partial charge is 0.0101 e. The van der Waals surface area contributed by atoms with Crippen molar-refractivity contribution in [2.75, 3.05) is 33.7 Å². The summed E-state index contributed by atoms with van der Waals surface area (Å²) in [7, 11) is 4.21. The normalized spacial score (nSPS) is 21.4. The zero-order valence-corrected chi connectivity index (χ0v) is 9.59. The molecule has 0 amide bonds. The zero-order valence-electron chi connectivity index (χ0n) is 9.59. The van der Waals surface area contributed by atoms with Crippen molar-refractivity contribution in [3.63, 3.8) is 0 Å². The summed E-state index contributed by atoms with van der Waals surface area (Å²) in [6.45, 7) is 5.46. The maximum absolute atomic E-state index is 3.48. The molecular weight excluding hydrogens is 172 g/mol. The van der Waals surface area contributed by atoms with Crippen molar-refractivity contribution in [2.24, 2.45) is 5.92 Å². The fourth-order valence-electron chi connectivity index (χ4n) is 1.51. The minimum atomic E-state index is 0.695. The first-order valence-corrected chi connectivity index (χ1v) is 5.39. The van der Waals surface area contributed by atoms with E-state index >= 15 is 0 Å². The zero-order chi connectivity index (χ0) is 10.4. The Morgan fingerprint density at radius 3 is 2.86 bits per heavy atom. The van der Waals surface area contributed by atoms with E-state index in [2.05, 4.69) is 49.5 Å². The molecule has 0 aliphatic heterocycles. The molecule has 1 unspecified atom stereocenters. The van der Waals surface area contributed by atoms with Crippen LogP contribution in [0.3, 0.4) is 0 Å². The van der Waals surface area contributed by atoms with E-state index < -0.39 is 0 Å². The Kier molecular flexibility index (Phi) is 4.91. The highest BCUT2D eigenvalue weighted by atomic mass is 15.1. The third-order valence-corrected chi connectivity index (χ3v) is 2.52. The minimum absolute atomic E-state index is 0.695. The molecule has 0 saturated heterocycles. The van der Waals surface area contributed by atoms with Gasteiger partial charge in [0.2, 0.25) is 0 Å². The molecule has 14 heavy (non-hydrogen) atoms. The number of likely N-dealkylation sites (N-methyl/N-ethyl adjacent to an activating group) is 1. The van der Waals surface area contributed by atoms with Crippen LogP contribution in [0.25, 0.3) is 0 Å². The quantitative estimate of drug-likeness (QED) is 0.670. The van der Waals surface area contributed by atoms with Gasteiger partial charge in [0.25, 0.3) is 0 Å². The van der Waals surface area contributed by atoms with Crippen molar-refractivity contribution in [3.8, 4) is 0 Å². The van der Waals surface area contributed by atoms with Crippen LogP contribution in [0.4, 0.5) is 0 Å². The lowest BCUT2D eigenvalue weighted by atomic mass is 9.97. The highest BCUT2D eigenvalue weighted by Crippen LogP contribution is 2.14. The van der Waals surface area contributed by atoms with E-state index in [1.807, 2.05) is 0 Å². The van der Waals surface area contributed by atoms with E-state index in [0.717, 1.165) is 19.6 Å². The number of allylic oxidation sites excluding steroid dienone is 3. The Morgan fingerprint density at radius 2 is 2.29 bits per heavy atom. The lowest BCUT2D eigenvalue weighted by molar-refractivity contribution is 0.394. The predicted molar refractivity (Wildman–Crippen MR) is 62.4 cm³/mol. The third kappa shape index (κ3) is 4.58. The maximum Gasteiger partial charge on any atom is 0.0101 e. The van der Waals surface area contributed by atoms with Crippen LogP contribution in [-0.2, 0) is 0 Å². The van der Waals surface area contributed by atoms with E-state index in [-0.39, 0.29) is 0 Å². The van der Waals surface area contributed by atoms with Gasteiger partial charge in [0.05, 0.1) is 0 Å². The van der Waals surface area contributed by atoms with E-state index in [1.54, 1.807) is 0 Å². The summed E-state index contributed by atoms with van der Waals surface area (Å²) in [6, 6.07) is 0. The average Bonchev–Trinajstić information content (AvgIpc) is 2.15. The maximum atomic E-state index is 3.48. The van der Waals surface area contributed by atoms with Crippen LogP contribution >= 0.6 is 0 Å². The van der Waals surface area contributed by atoms with Gasteiger partial charge in [0, 0.05) is 19.6 Å². The Morgan fingerprint density at radius 1 is 1.50 bits per heavy atom. The lowest BCUT2D eigenvalue weighted by Gasteiger charge is -2.16. The molecule has 0 aromatic carbocycles. The van der Waals surface area contributed by atoms with Crippen LogP contribution in [0.1, 0.15) is 13.3 Å². The Bertz CT molecular complexity index is 216. The molecule has 0 fully saturated rings. The van der Waals surface area contributed by atoms with Gasteiger partial charge in [-0.05, 0) is 33.4 Å². The molecule has 1 rings (SSSR count). The molecule has 2 nitrogen and oxygen atoms in total. The van der Waals surface area contributed by atoms with Crippen molar-refractivity contribution in [2.45, 2.75) is 13.3 Å². The molecule has 0 aromatic rings. The minimum Gasteiger partial charge on any atom is -0.315 e. The van der Waals surface area contributed by atoms with Gasteiger partial charge in [0.15, 0.2) is 0 Å². The van der Waals surface area contributed by atoms with Crippen molar-refractivity contribution >= 4 is 0 Å². The number of hydrogen-bond donors (Lipinski definition) is 1. The van der Waals surface area contributed by atoms with Crippen molar-refractivity contribution in [1.29, 1.82) is 0 Å². The van der Waals surface area contributed by atoms with Crippen LogP contribution < -0.4 is 5.32 Å². The Hall–Kier alpha value is -0.600. The van der Waals surface area contributed by atoms with E-state index in [1.165, 1.54) is 12.0 Å². The molecule has 0 aromatic heterocycles. The highest BCUT2D eigenvalue weighted by Gasteiger charge is 2.05. The van der Waals surface area contributed by atoms with Gasteiger partial charge in [0.1, 0.15) is 0 Å². The lowest BCUT2D eigenvalue weighted by Crippen LogP contribution is -2.30. The van der Waals surface area contributed by atoms with E-state index in [0.29, 0.717) is 5.92 Å². The van der Waals surface area contributed by atoms with Gasteiger partial charge in [-0.1, -0.05) is 23.8 Å². The molecule has 2 heteroatoms.